The highest BCUT2D eigenvalue weighted by atomic mass is 35.5. The largest absolute Gasteiger partial charge is 0.381 e. The van der Waals surface area contributed by atoms with Crippen LogP contribution in [0, 0.1) is 0 Å². The molecule has 0 amide bonds. The molecule has 3 aromatic heterocycles. The quantitative estimate of drug-likeness (QED) is 0.457. The van der Waals surface area contributed by atoms with Crippen molar-refractivity contribution >= 4 is 45.3 Å². The molecule has 4 heterocycles. The number of fused-ring (bicyclic) bond motifs is 2. The van der Waals surface area contributed by atoms with Crippen molar-refractivity contribution < 1.29 is 4.74 Å². The van der Waals surface area contributed by atoms with E-state index in [1.54, 1.807) is 6.07 Å². The molecular weight excluding hydrogens is 350 g/mol. The first-order chi connectivity index (χ1) is 12.8. The van der Waals surface area contributed by atoms with Gasteiger partial charge in [0.25, 0.3) is 0 Å². The molecule has 1 fully saturated rings. The van der Waals surface area contributed by atoms with Crippen LogP contribution >= 0.6 is 11.6 Å². The third kappa shape index (κ3) is 2.71. The van der Waals surface area contributed by atoms with E-state index in [-0.39, 0.29) is 0 Å². The summed E-state index contributed by atoms with van der Waals surface area (Å²) >= 11 is 6.04. The molecule has 1 saturated heterocycles. The van der Waals surface area contributed by atoms with Gasteiger partial charge >= 0.3 is 0 Å². The summed E-state index contributed by atoms with van der Waals surface area (Å²) in [6.45, 7) is 1.64. The maximum absolute atomic E-state index is 6.04. The number of anilines is 2. The number of H-pyrrole nitrogens is 2. The molecular formula is C19H18ClN5O. The SMILES string of the molecule is Clc1ccc2[nH]cc(Nc3nc4c(C5CCOCC5)cccc4[nH]3)c2n1. The zero-order valence-electron chi connectivity index (χ0n) is 14.1. The lowest BCUT2D eigenvalue weighted by atomic mass is 9.91. The van der Waals surface area contributed by atoms with Crippen molar-refractivity contribution in [3.8, 4) is 0 Å². The maximum Gasteiger partial charge on any atom is 0.205 e. The first-order valence-corrected chi connectivity index (χ1v) is 9.13. The molecule has 3 N–H and O–H groups in total. The number of benzene rings is 1. The van der Waals surface area contributed by atoms with E-state index >= 15 is 0 Å². The molecule has 0 spiro atoms. The fraction of sp³-hybridized carbons (Fsp3) is 0.263. The molecule has 0 atom stereocenters. The smallest absolute Gasteiger partial charge is 0.205 e. The van der Waals surface area contributed by atoms with Crippen molar-refractivity contribution in [2.45, 2.75) is 18.8 Å². The second-order valence-electron chi connectivity index (χ2n) is 6.57. The Morgan fingerprint density at radius 2 is 1.92 bits per heavy atom. The van der Waals surface area contributed by atoms with Crippen LogP contribution in [0.1, 0.15) is 24.3 Å². The molecule has 132 valence electrons. The second kappa shape index (κ2) is 6.30. The standard InChI is InChI=1S/C19H18ClN5O/c20-16-5-4-13-18(24-16)15(10-21-13)23-19-22-14-3-1-2-12(17(14)25-19)11-6-8-26-9-7-11/h1-5,10-11,21H,6-9H2,(H2,22,23,25). The van der Waals surface area contributed by atoms with Gasteiger partial charge in [-0.2, -0.15) is 0 Å². The van der Waals surface area contributed by atoms with Gasteiger partial charge in [0.1, 0.15) is 10.7 Å². The van der Waals surface area contributed by atoms with E-state index in [0.29, 0.717) is 17.0 Å². The van der Waals surface area contributed by atoms with Crippen LogP contribution < -0.4 is 5.32 Å². The molecule has 1 aliphatic rings. The summed E-state index contributed by atoms with van der Waals surface area (Å²) in [4.78, 5) is 15.8. The van der Waals surface area contributed by atoms with Crippen LogP contribution in [0.4, 0.5) is 11.6 Å². The topological polar surface area (TPSA) is 78.6 Å². The summed E-state index contributed by atoms with van der Waals surface area (Å²) in [7, 11) is 0. The van der Waals surface area contributed by atoms with Gasteiger partial charge in [0, 0.05) is 19.4 Å². The summed E-state index contributed by atoms with van der Waals surface area (Å²) < 4.78 is 5.50. The normalized spacial score (nSPS) is 15.7. The predicted octanol–water partition coefficient (Wildman–Crippen LogP) is 4.73. The Labute approximate surface area is 154 Å². The zero-order chi connectivity index (χ0) is 17.5. The number of hydrogen-bond donors (Lipinski definition) is 3. The maximum atomic E-state index is 6.04. The first kappa shape index (κ1) is 15.7. The van der Waals surface area contributed by atoms with Crippen molar-refractivity contribution in [1.82, 2.24) is 19.9 Å². The highest BCUT2D eigenvalue weighted by Gasteiger charge is 2.20. The number of aromatic nitrogens is 4. The van der Waals surface area contributed by atoms with E-state index < -0.39 is 0 Å². The second-order valence-corrected chi connectivity index (χ2v) is 6.96. The average Bonchev–Trinajstić information content (AvgIpc) is 3.26. The number of nitrogens with one attached hydrogen (secondary N) is 3. The van der Waals surface area contributed by atoms with Crippen LogP contribution in [0.15, 0.2) is 36.5 Å². The number of imidazole rings is 1. The Balaban J connectivity index is 1.52. The minimum absolute atomic E-state index is 0.464. The highest BCUT2D eigenvalue weighted by Crippen LogP contribution is 2.33. The third-order valence-corrected chi connectivity index (χ3v) is 5.16. The molecule has 0 saturated carbocycles. The summed E-state index contributed by atoms with van der Waals surface area (Å²) in [5.41, 5.74) is 5.90. The lowest BCUT2D eigenvalue weighted by Gasteiger charge is -2.22. The fourth-order valence-electron chi connectivity index (χ4n) is 3.65. The van der Waals surface area contributed by atoms with Crippen LogP contribution in [0.25, 0.3) is 22.1 Å². The zero-order valence-corrected chi connectivity index (χ0v) is 14.8. The number of ether oxygens (including phenoxy) is 1. The van der Waals surface area contributed by atoms with Gasteiger partial charge in [-0.25, -0.2) is 9.97 Å². The Morgan fingerprint density at radius 1 is 1.04 bits per heavy atom. The van der Waals surface area contributed by atoms with Gasteiger partial charge in [-0.05, 0) is 42.5 Å². The molecule has 0 aliphatic carbocycles. The van der Waals surface area contributed by atoms with Gasteiger partial charge in [-0.1, -0.05) is 23.7 Å². The van der Waals surface area contributed by atoms with E-state index in [9.17, 15) is 0 Å². The van der Waals surface area contributed by atoms with Gasteiger partial charge in [0.2, 0.25) is 5.95 Å². The summed E-state index contributed by atoms with van der Waals surface area (Å²) in [6.07, 6.45) is 3.96. The monoisotopic (exact) mass is 367 g/mol. The van der Waals surface area contributed by atoms with Crippen LogP contribution in [0.2, 0.25) is 5.15 Å². The molecule has 5 rings (SSSR count). The van der Waals surface area contributed by atoms with Crippen molar-refractivity contribution in [2.24, 2.45) is 0 Å². The Hall–Kier alpha value is -2.57. The lowest BCUT2D eigenvalue weighted by Crippen LogP contribution is -2.14. The number of rotatable bonds is 3. The van der Waals surface area contributed by atoms with E-state index in [0.717, 1.165) is 53.8 Å². The minimum Gasteiger partial charge on any atom is -0.381 e. The van der Waals surface area contributed by atoms with Gasteiger partial charge < -0.3 is 20.0 Å². The van der Waals surface area contributed by atoms with Crippen molar-refractivity contribution in [1.29, 1.82) is 0 Å². The highest BCUT2D eigenvalue weighted by molar-refractivity contribution is 6.29. The molecule has 6 nitrogen and oxygen atoms in total. The van der Waals surface area contributed by atoms with E-state index in [1.165, 1.54) is 5.56 Å². The van der Waals surface area contributed by atoms with Crippen LogP contribution in [-0.2, 0) is 4.74 Å². The molecule has 7 heteroatoms. The number of aromatic amines is 2. The number of hydrogen-bond acceptors (Lipinski definition) is 4. The molecule has 4 aromatic rings. The average molecular weight is 368 g/mol. The molecule has 1 aliphatic heterocycles. The molecule has 0 radical (unpaired) electrons. The van der Waals surface area contributed by atoms with Crippen LogP contribution in [-0.4, -0.2) is 33.1 Å². The van der Waals surface area contributed by atoms with Gasteiger partial charge in [-0.3, -0.25) is 0 Å². The van der Waals surface area contributed by atoms with E-state index in [2.05, 4.69) is 38.5 Å². The third-order valence-electron chi connectivity index (χ3n) is 4.95. The minimum atomic E-state index is 0.464. The number of pyridine rings is 1. The summed E-state index contributed by atoms with van der Waals surface area (Å²) in [6, 6.07) is 10.0. The number of para-hydroxylation sites is 1. The van der Waals surface area contributed by atoms with Crippen molar-refractivity contribution in [3.63, 3.8) is 0 Å². The van der Waals surface area contributed by atoms with Gasteiger partial charge in [0.15, 0.2) is 0 Å². The molecule has 0 bridgehead atoms. The van der Waals surface area contributed by atoms with Crippen molar-refractivity contribution in [2.75, 3.05) is 18.5 Å². The number of nitrogens with zero attached hydrogens (tertiary/aromatic N) is 2. The van der Waals surface area contributed by atoms with Gasteiger partial charge in [-0.15, -0.1) is 0 Å². The molecule has 26 heavy (non-hydrogen) atoms. The van der Waals surface area contributed by atoms with Crippen molar-refractivity contribution in [3.05, 3.63) is 47.2 Å². The Kier molecular flexibility index (Phi) is 3.80. The van der Waals surface area contributed by atoms with E-state index in [1.807, 2.05) is 12.3 Å². The summed E-state index contributed by atoms with van der Waals surface area (Å²) in [5, 5.41) is 3.79. The molecule has 0 unspecified atom stereocenters. The Morgan fingerprint density at radius 3 is 2.81 bits per heavy atom. The Bertz CT molecular complexity index is 1080. The van der Waals surface area contributed by atoms with Crippen LogP contribution in [0.5, 0.6) is 0 Å². The van der Waals surface area contributed by atoms with Crippen LogP contribution in [0.3, 0.4) is 0 Å². The first-order valence-electron chi connectivity index (χ1n) is 8.75. The molecule has 1 aromatic carbocycles. The lowest BCUT2D eigenvalue weighted by molar-refractivity contribution is 0.0856. The number of halogens is 1. The predicted molar refractivity (Wildman–Crippen MR) is 103 cm³/mol. The summed E-state index contributed by atoms with van der Waals surface area (Å²) in [5.74, 6) is 1.19. The fourth-order valence-corrected chi connectivity index (χ4v) is 3.80. The van der Waals surface area contributed by atoms with Gasteiger partial charge in [0.05, 0.1) is 22.2 Å². The van der Waals surface area contributed by atoms with E-state index in [4.69, 9.17) is 21.3 Å².